The molecule has 6 heteroatoms. The second kappa shape index (κ2) is 9.67. The molecule has 3 rings (SSSR count). The van der Waals surface area contributed by atoms with Crippen molar-refractivity contribution in [3.8, 4) is 11.5 Å². The maximum Gasteiger partial charge on any atom is 0.163 e. The summed E-state index contributed by atoms with van der Waals surface area (Å²) in [5.41, 5.74) is 2.68. The van der Waals surface area contributed by atoms with E-state index in [1.54, 1.807) is 18.2 Å². The monoisotopic (exact) mass is 419 g/mol. The van der Waals surface area contributed by atoms with E-state index in [1.807, 2.05) is 37.3 Å². The Balaban J connectivity index is 1.72. The van der Waals surface area contributed by atoms with Gasteiger partial charge in [0.15, 0.2) is 11.5 Å². The van der Waals surface area contributed by atoms with E-state index in [1.165, 1.54) is 12.1 Å². The molecule has 0 saturated heterocycles. The average molecular weight is 420 g/mol. The molecule has 3 nitrogen and oxygen atoms in total. The highest BCUT2D eigenvalue weighted by Gasteiger charge is 2.12. The molecule has 0 aromatic heterocycles. The summed E-state index contributed by atoms with van der Waals surface area (Å²) in [7, 11) is 0. The van der Waals surface area contributed by atoms with Crippen LogP contribution in [0.3, 0.4) is 0 Å². The van der Waals surface area contributed by atoms with E-state index in [-0.39, 0.29) is 5.82 Å². The molecule has 3 aromatic carbocycles. The zero-order valence-electron chi connectivity index (χ0n) is 15.3. The van der Waals surface area contributed by atoms with Crippen molar-refractivity contribution in [2.45, 2.75) is 20.1 Å². The number of benzene rings is 3. The molecule has 0 unspecified atom stereocenters. The maximum atomic E-state index is 13.0. The van der Waals surface area contributed by atoms with Crippen LogP contribution < -0.4 is 14.8 Å². The van der Waals surface area contributed by atoms with Crippen LogP contribution in [0.4, 0.5) is 10.1 Å². The molecule has 0 spiro atoms. The summed E-state index contributed by atoms with van der Waals surface area (Å²) in [4.78, 5) is 0. The molecular formula is C22H20Cl2FNO2. The van der Waals surface area contributed by atoms with Gasteiger partial charge in [0.2, 0.25) is 0 Å². The lowest BCUT2D eigenvalue weighted by Gasteiger charge is -2.16. The molecule has 1 N–H and O–H groups in total. The number of rotatable bonds is 8. The Morgan fingerprint density at radius 2 is 1.57 bits per heavy atom. The van der Waals surface area contributed by atoms with Gasteiger partial charge in [-0.25, -0.2) is 4.39 Å². The van der Waals surface area contributed by atoms with Crippen LogP contribution in [-0.4, -0.2) is 6.61 Å². The van der Waals surface area contributed by atoms with Crippen LogP contribution >= 0.6 is 23.2 Å². The van der Waals surface area contributed by atoms with Gasteiger partial charge in [0, 0.05) is 28.3 Å². The Labute approximate surface area is 174 Å². The summed E-state index contributed by atoms with van der Waals surface area (Å²) in [5, 5.41) is 4.56. The van der Waals surface area contributed by atoms with Crippen molar-refractivity contribution in [2.24, 2.45) is 0 Å². The van der Waals surface area contributed by atoms with E-state index in [0.29, 0.717) is 41.3 Å². The molecular weight excluding hydrogens is 400 g/mol. The molecule has 0 amide bonds. The smallest absolute Gasteiger partial charge is 0.163 e. The third-order valence-corrected chi connectivity index (χ3v) is 4.65. The lowest BCUT2D eigenvalue weighted by molar-refractivity contribution is 0.269. The zero-order valence-corrected chi connectivity index (χ0v) is 16.9. The highest BCUT2D eigenvalue weighted by Crippen LogP contribution is 2.34. The van der Waals surface area contributed by atoms with Crippen LogP contribution in [0.5, 0.6) is 11.5 Å². The molecule has 0 heterocycles. The Morgan fingerprint density at radius 1 is 0.893 bits per heavy atom. The molecule has 0 aliphatic rings. The number of nitrogens with one attached hydrogen (secondary N) is 1. The van der Waals surface area contributed by atoms with Crippen molar-refractivity contribution in [3.05, 3.63) is 87.7 Å². The van der Waals surface area contributed by atoms with Gasteiger partial charge in [-0.05, 0) is 60.5 Å². The number of ether oxygens (including phenoxy) is 2. The van der Waals surface area contributed by atoms with Crippen molar-refractivity contribution >= 4 is 28.9 Å². The Kier molecular flexibility index (Phi) is 7.01. The fourth-order valence-electron chi connectivity index (χ4n) is 2.60. The van der Waals surface area contributed by atoms with Gasteiger partial charge >= 0.3 is 0 Å². The lowest BCUT2D eigenvalue weighted by Crippen LogP contribution is -2.04. The van der Waals surface area contributed by atoms with E-state index < -0.39 is 0 Å². The molecule has 0 fully saturated rings. The zero-order chi connectivity index (χ0) is 19.9. The van der Waals surface area contributed by atoms with Crippen molar-refractivity contribution in [2.75, 3.05) is 11.9 Å². The van der Waals surface area contributed by atoms with Crippen molar-refractivity contribution in [3.63, 3.8) is 0 Å². The SMILES string of the molecule is CCOc1cc(CNc2ccc(Cl)cc2)c(Cl)cc1OCc1ccc(F)cc1. The average Bonchev–Trinajstić information content (AvgIpc) is 2.69. The molecule has 0 radical (unpaired) electrons. The summed E-state index contributed by atoms with van der Waals surface area (Å²) < 4.78 is 24.6. The molecule has 3 aromatic rings. The molecule has 0 aliphatic heterocycles. The molecule has 0 bridgehead atoms. The fourth-order valence-corrected chi connectivity index (χ4v) is 2.95. The first-order chi connectivity index (χ1) is 13.5. The maximum absolute atomic E-state index is 13.0. The van der Waals surface area contributed by atoms with Gasteiger partial charge in [-0.3, -0.25) is 0 Å². The first-order valence-electron chi connectivity index (χ1n) is 8.87. The number of halogens is 3. The van der Waals surface area contributed by atoms with Gasteiger partial charge in [0.1, 0.15) is 12.4 Å². The van der Waals surface area contributed by atoms with Crippen LogP contribution in [0.1, 0.15) is 18.1 Å². The number of hydrogen-bond donors (Lipinski definition) is 1. The second-order valence-corrected chi connectivity index (χ2v) is 6.94. The van der Waals surface area contributed by atoms with Gasteiger partial charge in [-0.2, -0.15) is 0 Å². The van der Waals surface area contributed by atoms with E-state index in [4.69, 9.17) is 32.7 Å². The predicted molar refractivity (Wildman–Crippen MR) is 112 cm³/mol. The van der Waals surface area contributed by atoms with Crippen LogP contribution in [-0.2, 0) is 13.2 Å². The molecule has 146 valence electrons. The highest BCUT2D eigenvalue weighted by molar-refractivity contribution is 6.31. The minimum Gasteiger partial charge on any atom is -0.490 e. The molecule has 28 heavy (non-hydrogen) atoms. The van der Waals surface area contributed by atoms with Gasteiger partial charge in [-0.15, -0.1) is 0 Å². The van der Waals surface area contributed by atoms with E-state index in [0.717, 1.165) is 16.8 Å². The van der Waals surface area contributed by atoms with Crippen molar-refractivity contribution in [1.82, 2.24) is 0 Å². The molecule has 0 aliphatic carbocycles. The lowest BCUT2D eigenvalue weighted by atomic mass is 10.2. The summed E-state index contributed by atoms with van der Waals surface area (Å²) in [6.07, 6.45) is 0. The van der Waals surface area contributed by atoms with Crippen LogP contribution in [0.2, 0.25) is 10.0 Å². The number of anilines is 1. The predicted octanol–water partition coefficient (Wildman–Crippen LogP) is 6.72. The van der Waals surface area contributed by atoms with Gasteiger partial charge in [0.25, 0.3) is 0 Å². The Morgan fingerprint density at radius 3 is 2.25 bits per heavy atom. The summed E-state index contributed by atoms with van der Waals surface area (Å²) in [6, 6.07) is 17.2. The van der Waals surface area contributed by atoms with E-state index in [9.17, 15) is 4.39 Å². The minimum absolute atomic E-state index is 0.278. The van der Waals surface area contributed by atoms with Crippen LogP contribution in [0.15, 0.2) is 60.7 Å². The second-order valence-electron chi connectivity index (χ2n) is 6.10. The largest absolute Gasteiger partial charge is 0.490 e. The van der Waals surface area contributed by atoms with E-state index >= 15 is 0 Å². The normalized spacial score (nSPS) is 10.6. The molecule has 0 saturated carbocycles. The van der Waals surface area contributed by atoms with Crippen LogP contribution in [0, 0.1) is 5.82 Å². The summed E-state index contributed by atoms with van der Waals surface area (Å²) in [6.45, 7) is 3.22. The highest BCUT2D eigenvalue weighted by atomic mass is 35.5. The fraction of sp³-hybridized carbons (Fsp3) is 0.182. The Bertz CT molecular complexity index is 915. The molecule has 0 atom stereocenters. The first kappa shape index (κ1) is 20.3. The Hall–Kier alpha value is -2.43. The quantitative estimate of drug-likeness (QED) is 0.439. The van der Waals surface area contributed by atoms with Gasteiger partial charge in [0.05, 0.1) is 6.61 Å². The van der Waals surface area contributed by atoms with Gasteiger partial charge in [-0.1, -0.05) is 35.3 Å². The standard InChI is InChI=1S/C22H20Cl2FNO2/c1-2-27-21-11-16(13-26-19-9-5-17(23)6-10-19)20(24)12-22(21)28-14-15-3-7-18(25)8-4-15/h3-12,26H,2,13-14H2,1H3. The minimum atomic E-state index is -0.278. The third kappa shape index (κ3) is 5.54. The van der Waals surface area contributed by atoms with Crippen LogP contribution in [0.25, 0.3) is 0 Å². The van der Waals surface area contributed by atoms with E-state index in [2.05, 4.69) is 5.32 Å². The third-order valence-electron chi connectivity index (χ3n) is 4.05. The first-order valence-corrected chi connectivity index (χ1v) is 9.62. The summed E-state index contributed by atoms with van der Waals surface area (Å²) in [5.74, 6) is 0.882. The van der Waals surface area contributed by atoms with Crippen molar-refractivity contribution < 1.29 is 13.9 Å². The van der Waals surface area contributed by atoms with Crippen molar-refractivity contribution in [1.29, 1.82) is 0 Å². The van der Waals surface area contributed by atoms with Gasteiger partial charge < -0.3 is 14.8 Å². The number of hydrogen-bond acceptors (Lipinski definition) is 3. The topological polar surface area (TPSA) is 30.5 Å². The summed E-state index contributed by atoms with van der Waals surface area (Å²) >= 11 is 12.4.